The van der Waals surface area contributed by atoms with Crippen molar-refractivity contribution < 1.29 is 12.8 Å². The summed E-state index contributed by atoms with van der Waals surface area (Å²) in [6.07, 6.45) is 2.88. The number of fused-ring (bicyclic) bond motifs is 1. The van der Waals surface area contributed by atoms with Crippen LogP contribution in [-0.2, 0) is 10.0 Å². The fourth-order valence-corrected chi connectivity index (χ4v) is 5.30. The first-order valence-corrected chi connectivity index (χ1v) is 11.4. The maximum absolute atomic E-state index is 14.2. The van der Waals surface area contributed by atoms with Crippen molar-refractivity contribution in [2.24, 2.45) is 0 Å². The molecule has 1 aliphatic heterocycles. The van der Waals surface area contributed by atoms with Gasteiger partial charge in [-0.1, -0.05) is 6.58 Å². The van der Waals surface area contributed by atoms with Crippen molar-refractivity contribution in [3.8, 4) is 10.4 Å². The third-order valence-electron chi connectivity index (χ3n) is 4.49. The lowest BCUT2D eigenvalue weighted by Crippen LogP contribution is -2.48. The Morgan fingerprint density at radius 2 is 1.93 bits per heavy atom. The van der Waals surface area contributed by atoms with Gasteiger partial charge in [0.25, 0.3) is 0 Å². The number of hydrogen-bond donors (Lipinski definition) is 0. The Morgan fingerprint density at radius 3 is 2.64 bits per heavy atom. The van der Waals surface area contributed by atoms with Crippen LogP contribution in [0.15, 0.2) is 41.1 Å². The SMILES string of the molecule is C=CS(=O)(=O)N1CCN(c2ncnc3sc(-c4cc(Br)cnc4F)cc23)CC1. The zero-order valence-electron chi connectivity index (χ0n) is 14.5. The summed E-state index contributed by atoms with van der Waals surface area (Å²) in [6, 6.07) is 3.54. The molecular formula is C17H15BrFN5O2S2. The molecule has 0 atom stereocenters. The maximum Gasteiger partial charge on any atom is 0.235 e. The van der Waals surface area contributed by atoms with Crippen LogP contribution < -0.4 is 4.90 Å². The molecule has 28 heavy (non-hydrogen) atoms. The van der Waals surface area contributed by atoms with Crippen LogP contribution in [0, 0.1) is 5.95 Å². The lowest BCUT2D eigenvalue weighted by Gasteiger charge is -2.34. The fourth-order valence-electron chi connectivity index (χ4n) is 3.08. The van der Waals surface area contributed by atoms with Crippen LogP contribution in [0.2, 0.25) is 0 Å². The number of sulfonamides is 1. The first-order valence-electron chi connectivity index (χ1n) is 8.32. The van der Waals surface area contributed by atoms with Crippen molar-refractivity contribution in [3.05, 3.63) is 47.1 Å². The van der Waals surface area contributed by atoms with E-state index in [9.17, 15) is 12.8 Å². The molecule has 0 aromatic carbocycles. The smallest absolute Gasteiger partial charge is 0.235 e. The molecule has 7 nitrogen and oxygen atoms in total. The molecule has 0 aliphatic carbocycles. The fraction of sp³-hybridized carbons (Fsp3) is 0.235. The predicted octanol–water partition coefficient (Wildman–Crippen LogP) is 3.25. The zero-order valence-corrected chi connectivity index (χ0v) is 17.8. The number of hydrogen-bond acceptors (Lipinski definition) is 7. The van der Waals surface area contributed by atoms with Gasteiger partial charge in [-0.25, -0.2) is 23.4 Å². The van der Waals surface area contributed by atoms with Crippen LogP contribution in [0.1, 0.15) is 0 Å². The van der Waals surface area contributed by atoms with Crippen LogP contribution in [0.3, 0.4) is 0 Å². The molecule has 4 rings (SSSR count). The van der Waals surface area contributed by atoms with Gasteiger partial charge in [0.05, 0.1) is 5.39 Å². The summed E-state index contributed by atoms with van der Waals surface area (Å²) in [6.45, 7) is 5.06. The molecule has 0 radical (unpaired) electrons. The number of pyridine rings is 1. The van der Waals surface area contributed by atoms with Gasteiger partial charge in [-0.15, -0.1) is 11.3 Å². The van der Waals surface area contributed by atoms with E-state index in [1.165, 1.54) is 28.2 Å². The van der Waals surface area contributed by atoms with Gasteiger partial charge in [0.15, 0.2) is 0 Å². The van der Waals surface area contributed by atoms with Crippen molar-refractivity contribution in [3.63, 3.8) is 0 Å². The van der Waals surface area contributed by atoms with Gasteiger partial charge in [0.2, 0.25) is 16.0 Å². The molecule has 11 heteroatoms. The average molecular weight is 484 g/mol. The third-order valence-corrected chi connectivity index (χ3v) is 7.50. The minimum atomic E-state index is -3.42. The van der Waals surface area contributed by atoms with Crippen LogP contribution in [0.5, 0.6) is 0 Å². The summed E-state index contributed by atoms with van der Waals surface area (Å²) < 4.78 is 40.2. The first kappa shape index (κ1) is 19.4. The average Bonchev–Trinajstić information content (AvgIpc) is 3.14. The van der Waals surface area contributed by atoms with Gasteiger partial charge in [0, 0.05) is 52.7 Å². The van der Waals surface area contributed by atoms with Gasteiger partial charge >= 0.3 is 0 Å². The van der Waals surface area contributed by atoms with Crippen LogP contribution >= 0.6 is 27.3 Å². The standard InChI is InChI=1S/C17H15BrFN5O2S2/c1-2-28(25,26)24-5-3-23(4-6-24)16-13-8-14(27-17(13)22-10-21-16)12-7-11(18)9-20-15(12)19/h2,7-10H,1,3-6H2. The van der Waals surface area contributed by atoms with E-state index < -0.39 is 16.0 Å². The Morgan fingerprint density at radius 1 is 1.18 bits per heavy atom. The molecule has 146 valence electrons. The Bertz CT molecular complexity index is 1160. The highest BCUT2D eigenvalue weighted by Gasteiger charge is 2.26. The van der Waals surface area contributed by atoms with E-state index >= 15 is 0 Å². The summed E-state index contributed by atoms with van der Waals surface area (Å²) in [5.41, 5.74) is 0.394. The predicted molar refractivity (Wildman–Crippen MR) is 111 cm³/mol. The molecule has 0 N–H and O–H groups in total. The lowest BCUT2D eigenvalue weighted by atomic mass is 10.2. The lowest BCUT2D eigenvalue weighted by molar-refractivity contribution is 0.389. The Hall–Kier alpha value is -1.95. The van der Waals surface area contributed by atoms with E-state index in [4.69, 9.17) is 0 Å². The van der Waals surface area contributed by atoms with Crippen molar-refractivity contribution in [1.29, 1.82) is 0 Å². The minimum Gasteiger partial charge on any atom is -0.353 e. The normalized spacial score (nSPS) is 15.9. The molecule has 0 amide bonds. The number of rotatable bonds is 4. The van der Waals surface area contributed by atoms with Crippen molar-refractivity contribution in [2.75, 3.05) is 31.1 Å². The monoisotopic (exact) mass is 483 g/mol. The van der Waals surface area contributed by atoms with Crippen LogP contribution in [0.25, 0.3) is 20.7 Å². The second-order valence-electron chi connectivity index (χ2n) is 6.12. The molecule has 0 unspecified atom stereocenters. The van der Waals surface area contributed by atoms with Gasteiger partial charge < -0.3 is 4.90 Å². The summed E-state index contributed by atoms with van der Waals surface area (Å²) in [4.78, 5) is 15.9. The quantitative estimate of drug-likeness (QED) is 0.529. The number of thiophene rings is 1. The summed E-state index contributed by atoms with van der Waals surface area (Å²) >= 11 is 4.68. The Labute approximate surface area is 173 Å². The van der Waals surface area contributed by atoms with Crippen LogP contribution in [-0.4, -0.2) is 53.9 Å². The van der Waals surface area contributed by atoms with Crippen molar-refractivity contribution in [2.45, 2.75) is 0 Å². The number of piperazine rings is 1. The Kier molecular flexibility index (Phi) is 5.17. The minimum absolute atomic E-state index is 0.348. The molecule has 0 spiro atoms. The summed E-state index contributed by atoms with van der Waals surface area (Å²) in [5, 5.41) is 1.78. The topological polar surface area (TPSA) is 79.3 Å². The van der Waals surface area contributed by atoms with E-state index in [0.29, 0.717) is 46.9 Å². The summed E-state index contributed by atoms with van der Waals surface area (Å²) in [7, 11) is -3.42. The highest BCUT2D eigenvalue weighted by molar-refractivity contribution is 9.10. The molecule has 0 bridgehead atoms. The molecule has 1 saturated heterocycles. The summed E-state index contributed by atoms with van der Waals surface area (Å²) in [5.74, 6) is 0.166. The molecule has 1 fully saturated rings. The first-order chi connectivity index (χ1) is 13.4. The van der Waals surface area contributed by atoms with E-state index in [-0.39, 0.29) is 0 Å². The number of halogens is 2. The highest BCUT2D eigenvalue weighted by atomic mass is 79.9. The second kappa shape index (κ2) is 7.47. The van der Waals surface area contributed by atoms with Gasteiger partial charge in [-0.05, 0) is 28.1 Å². The largest absolute Gasteiger partial charge is 0.353 e. The molecular weight excluding hydrogens is 469 g/mol. The zero-order chi connectivity index (χ0) is 19.9. The second-order valence-corrected chi connectivity index (χ2v) is 9.94. The number of aromatic nitrogens is 3. The number of nitrogens with zero attached hydrogens (tertiary/aromatic N) is 5. The van der Waals surface area contributed by atoms with E-state index in [1.807, 2.05) is 11.0 Å². The van der Waals surface area contributed by atoms with Crippen molar-refractivity contribution >= 4 is 53.3 Å². The molecule has 3 aromatic heterocycles. The van der Waals surface area contributed by atoms with E-state index in [0.717, 1.165) is 15.6 Å². The van der Waals surface area contributed by atoms with Gasteiger partial charge in [-0.2, -0.15) is 8.70 Å². The third kappa shape index (κ3) is 3.54. The van der Waals surface area contributed by atoms with E-state index in [2.05, 4.69) is 37.5 Å². The van der Waals surface area contributed by atoms with Crippen molar-refractivity contribution in [1.82, 2.24) is 19.3 Å². The number of anilines is 1. The van der Waals surface area contributed by atoms with E-state index in [1.54, 1.807) is 6.07 Å². The Balaban J connectivity index is 1.67. The molecule has 1 aliphatic rings. The van der Waals surface area contributed by atoms with Crippen LogP contribution in [0.4, 0.5) is 10.2 Å². The van der Waals surface area contributed by atoms with Gasteiger partial charge in [0.1, 0.15) is 17.0 Å². The molecule has 3 aromatic rings. The molecule has 0 saturated carbocycles. The molecule has 4 heterocycles. The van der Waals surface area contributed by atoms with Gasteiger partial charge in [-0.3, -0.25) is 0 Å². The maximum atomic E-state index is 14.2. The highest BCUT2D eigenvalue weighted by Crippen LogP contribution is 2.37.